The molecule has 0 spiro atoms. The zero-order chi connectivity index (χ0) is 17.4. The molecule has 128 valence electrons. The quantitative estimate of drug-likeness (QED) is 0.579. The van der Waals surface area contributed by atoms with Crippen LogP contribution in [0.2, 0.25) is 0 Å². The van der Waals surface area contributed by atoms with Crippen LogP contribution in [-0.2, 0) is 4.74 Å². The first kappa shape index (κ1) is 18.1. The molecule has 0 aliphatic carbocycles. The van der Waals surface area contributed by atoms with Crippen molar-refractivity contribution in [3.05, 3.63) is 48.2 Å². The fourth-order valence-corrected chi connectivity index (χ4v) is 2.65. The normalized spacial score (nSPS) is 11.6. The fraction of sp³-hybridized carbons (Fsp3) is 0.294. The number of thioether (sulfide) groups is 1. The summed E-state index contributed by atoms with van der Waals surface area (Å²) in [6.45, 7) is 0.105. The number of esters is 1. The molecule has 1 aromatic carbocycles. The molecule has 2 aromatic rings. The first-order chi connectivity index (χ1) is 11.6. The van der Waals surface area contributed by atoms with Crippen molar-refractivity contribution in [1.29, 1.82) is 0 Å². The van der Waals surface area contributed by atoms with E-state index in [9.17, 15) is 9.90 Å². The van der Waals surface area contributed by atoms with Crippen LogP contribution < -0.4 is 9.47 Å². The Hall–Kier alpha value is -2.25. The Bertz CT molecular complexity index is 665. The van der Waals surface area contributed by atoms with Gasteiger partial charge in [-0.05, 0) is 30.3 Å². The highest BCUT2D eigenvalue weighted by molar-refractivity contribution is 7.99. The largest absolute Gasteiger partial charge is 0.493 e. The molecule has 1 N–H and O–H groups in total. The molecule has 0 unspecified atom stereocenters. The number of aliphatic hydroxyl groups excluding tert-OH is 1. The van der Waals surface area contributed by atoms with E-state index in [-0.39, 0.29) is 6.61 Å². The van der Waals surface area contributed by atoms with Crippen LogP contribution in [0.4, 0.5) is 0 Å². The Morgan fingerprint density at radius 2 is 2.08 bits per heavy atom. The molecule has 0 saturated heterocycles. The first-order valence-electron chi connectivity index (χ1n) is 7.25. The van der Waals surface area contributed by atoms with Crippen LogP contribution in [0.15, 0.2) is 47.6 Å². The second kappa shape index (κ2) is 9.14. The Labute approximate surface area is 144 Å². The lowest BCUT2D eigenvalue weighted by Gasteiger charge is -2.14. The summed E-state index contributed by atoms with van der Waals surface area (Å²) in [7, 11) is 2.80. The molecule has 0 aliphatic rings. The van der Waals surface area contributed by atoms with Gasteiger partial charge >= 0.3 is 5.97 Å². The van der Waals surface area contributed by atoms with Crippen molar-refractivity contribution in [1.82, 2.24) is 4.98 Å². The monoisotopic (exact) mass is 349 g/mol. The number of ether oxygens (including phenoxy) is 3. The van der Waals surface area contributed by atoms with Crippen molar-refractivity contribution >= 4 is 17.7 Å². The Morgan fingerprint density at radius 1 is 1.25 bits per heavy atom. The van der Waals surface area contributed by atoms with Crippen molar-refractivity contribution < 1.29 is 24.1 Å². The predicted molar refractivity (Wildman–Crippen MR) is 90.8 cm³/mol. The SMILES string of the molecule is COC(=O)c1ccc(OC[C@@H](O)CSc2ccccn2)c(OC)c1. The van der Waals surface area contributed by atoms with Crippen molar-refractivity contribution in [2.45, 2.75) is 11.1 Å². The van der Waals surface area contributed by atoms with Crippen LogP contribution in [0, 0.1) is 0 Å². The van der Waals surface area contributed by atoms with Gasteiger partial charge in [-0.15, -0.1) is 11.8 Å². The van der Waals surface area contributed by atoms with Gasteiger partial charge in [0.15, 0.2) is 11.5 Å². The van der Waals surface area contributed by atoms with E-state index in [0.29, 0.717) is 22.8 Å². The van der Waals surface area contributed by atoms with Gasteiger partial charge in [0, 0.05) is 11.9 Å². The molecule has 0 saturated carbocycles. The summed E-state index contributed by atoms with van der Waals surface area (Å²) in [5.41, 5.74) is 0.368. The average molecular weight is 349 g/mol. The van der Waals surface area contributed by atoms with E-state index in [0.717, 1.165) is 5.03 Å². The molecule has 0 fully saturated rings. The standard InChI is InChI=1S/C17H19NO5S/c1-21-15-9-12(17(20)22-2)6-7-14(15)23-10-13(19)11-24-16-5-3-4-8-18-16/h3-9,13,19H,10-11H2,1-2H3/t13-/m1/s1. The summed E-state index contributed by atoms with van der Waals surface area (Å²) in [5.74, 6) is 0.862. The lowest BCUT2D eigenvalue weighted by Crippen LogP contribution is -2.20. The van der Waals surface area contributed by atoms with Gasteiger partial charge in [0.25, 0.3) is 0 Å². The van der Waals surface area contributed by atoms with E-state index in [2.05, 4.69) is 9.72 Å². The molecule has 0 radical (unpaired) electrons. The molecule has 6 nitrogen and oxygen atoms in total. The van der Waals surface area contributed by atoms with Gasteiger partial charge < -0.3 is 19.3 Å². The number of carbonyl (C=O) groups is 1. The maximum absolute atomic E-state index is 11.5. The molecule has 2 rings (SSSR count). The Morgan fingerprint density at radius 3 is 2.75 bits per heavy atom. The number of rotatable bonds is 8. The molecule has 1 aromatic heterocycles. The molecule has 24 heavy (non-hydrogen) atoms. The van der Waals surface area contributed by atoms with Crippen LogP contribution in [-0.4, -0.2) is 48.7 Å². The number of nitrogens with zero attached hydrogens (tertiary/aromatic N) is 1. The minimum absolute atomic E-state index is 0.105. The summed E-state index contributed by atoms with van der Waals surface area (Å²) in [5, 5.41) is 10.9. The van der Waals surface area contributed by atoms with Crippen molar-refractivity contribution in [2.24, 2.45) is 0 Å². The second-order valence-electron chi connectivity index (χ2n) is 4.80. The zero-order valence-electron chi connectivity index (χ0n) is 13.5. The number of pyridine rings is 1. The summed E-state index contributed by atoms with van der Waals surface area (Å²) in [6, 6.07) is 10.4. The van der Waals surface area contributed by atoms with Crippen LogP contribution in [0.5, 0.6) is 11.5 Å². The predicted octanol–water partition coefficient (Wildman–Crippen LogP) is 2.41. The summed E-state index contributed by atoms with van der Waals surface area (Å²) >= 11 is 1.45. The van der Waals surface area contributed by atoms with Crippen LogP contribution in [0.3, 0.4) is 0 Å². The lowest BCUT2D eigenvalue weighted by molar-refractivity contribution is 0.0600. The van der Waals surface area contributed by atoms with E-state index in [4.69, 9.17) is 9.47 Å². The lowest BCUT2D eigenvalue weighted by atomic mass is 10.2. The highest BCUT2D eigenvalue weighted by Gasteiger charge is 2.13. The van der Waals surface area contributed by atoms with E-state index < -0.39 is 12.1 Å². The average Bonchev–Trinajstić information content (AvgIpc) is 2.64. The van der Waals surface area contributed by atoms with Gasteiger partial charge in [-0.3, -0.25) is 0 Å². The number of aromatic nitrogens is 1. The minimum atomic E-state index is -0.665. The smallest absolute Gasteiger partial charge is 0.337 e. The number of hydrogen-bond acceptors (Lipinski definition) is 7. The van der Waals surface area contributed by atoms with E-state index in [1.165, 1.54) is 32.0 Å². The van der Waals surface area contributed by atoms with Crippen LogP contribution in [0.1, 0.15) is 10.4 Å². The molecule has 0 aliphatic heterocycles. The van der Waals surface area contributed by atoms with Crippen molar-refractivity contribution in [3.63, 3.8) is 0 Å². The van der Waals surface area contributed by atoms with E-state index in [1.54, 1.807) is 18.3 Å². The highest BCUT2D eigenvalue weighted by atomic mass is 32.2. The third-order valence-electron chi connectivity index (χ3n) is 3.08. The number of methoxy groups -OCH3 is 2. The molecule has 1 heterocycles. The van der Waals surface area contributed by atoms with Crippen molar-refractivity contribution in [2.75, 3.05) is 26.6 Å². The minimum Gasteiger partial charge on any atom is -0.493 e. The van der Waals surface area contributed by atoms with Crippen LogP contribution >= 0.6 is 11.8 Å². The maximum atomic E-state index is 11.5. The Balaban J connectivity index is 1.89. The van der Waals surface area contributed by atoms with Gasteiger partial charge in [-0.2, -0.15) is 0 Å². The Kier molecular flexibility index (Phi) is 6.89. The van der Waals surface area contributed by atoms with Gasteiger partial charge in [-0.1, -0.05) is 6.07 Å². The van der Waals surface area contributed by atoms with Crippen LogP contribution in [0.25, 0.3) is 0 Å². The fourth-order valence-electron chi connectivity index (χ4n) is 1.88. The number of hydrogen-bond donors (Lipinski definition) is 1. The molecular weight excluding hydrogens is 330 g/mol. The van der Waals surface area contributed by atoms with Gasteiger partial charge in [0.05, 0.1) is 30.9 Å². The third kappa shape index (κ3) is 5.14. The van der Waals surface area contributed by atoms with Gasteiger partial charge in [0.2, 0.25) is 0 Å². The topological polar surface area (TPSA) is 77.9 Å². The number of carbonyl (C=O) groups excluding carboxylic acids is 1. The van der Waals surface area contributed by atoms with Gasteiger partial charge in [-0.25, -0.2) is 9.78 Å². The third-order valence-corrected chi connectivity index (χ3v) is 4.17. The maximum Gasteiger partial charge on any atom is 0.337 e. The summed E-state index contributed by atoms with van der Waals surface area (Å²) in [6.07, 6.45) is 1.04. The highest BCUT2D eigenvalue weighted by Crippen LogP contribution is 2.28. The molecule has 0 bridgehead atoms. The first-order valence-corrected chi connectivity index (χ1v) is 8.23. The molecule has 1 atom stereocenters. The van der Waals surface area contributed by atoms with Gasteiger partial charge in [0.1, 0.15) is 6.61 Å². The summed E-state index contributed by atoms with van der Waals surface area (Å²) < 4.78 is 15.5. The number of aliphatic hydroxyl groups is 1. The van der Waals surface area contributed by atoms with Crippen molar-refractivity contribution in [3.8, 4) is 11.5 Å². The zero-order valence-corrected chi connectivity index (χ0v) is 14.3. The second-order valence-corrected chi connectivity index (χ2v) is 5.84. The van der Waals surface area contributed by atoms with E-state index >= 15 is 0 Å². The van der Waals surface area contributed by atoms with E-state index in [1.807, 2.05) is 18.2 Å². The molecule has 7 heteroatoms. The molecular formula is C17H19NO5S. The number of benzene rings is 1. The molecule has 0 amide bonds. The summed E-state index contributed by atoms with van der Waals surface area (Å²) in [4.78, 5) is 15.7.